The van der Waals surface area contributed by atoms with Crippen molar-refractivity contribution in [1.82, 2.24) is 16.0 Å². The lowest BCUT2D eigenvalue weighted by molar-refractivity contribution is -0.144. The Bertz CT molecular complexity index is 1020. The molecule has 15 nitrogen and oxygen atoms in total. The van der Waals surface area contributed by atoms with E-state index in [-0.39, 0.29) is 6.42 Å². The van der Waals surface area contributed by atoms with Crippen LogP contribution in [0.3, 0.4) is 0 Å². The Morgan fingerprint density at radius 3 is 1.73 bits per heavy atom. The van der Waals surface area contributed by atoms with Gasteiger partial charge in [-0.15, -0.1) is 0 Å². The van der Waals surface area contributed by atoms with E-state index in [1.807, 2.05) is 5.32 Å². The lowest BCUT2D eigenvalue weighted by atomic mass is 10.0. The van der Waals surface area contributed by atoms with Gasteiger partial charge in [0.1, 0.15) is 18.1 Å². The van der Waals surface area contributed by atoms with Gasteiger partial charge in [0.15, 0.2) is 0 Å². The fourth-order valence-electron chi connectivity index (χ4n) is 3.10. The minimum absolute atomic E-state index is 0.0771. The van der Waals surface area contributed by atoms with E-state index in [1.165, 1.54) is 0 Å². The molecule has 202 valence electrons. The van der Waals surface area contributed by atoms with Gasteiger partial charge in [0, 0.05) is 6.42 Å². The van der Waals surface area contributed by atoms with Crippen molar-refractivity contribution in [2.45, 2.75) is 56.3 Å². The van der Waals surface area contributed by atoms with E-state index >= 15 is 0 Å². The van der Waals surface area contributed by atoms with Crippen LogP contribution in [-0.4, -0.2) is 81.0 Å². The Hall–Kier alpha value is -4.53. The Morgan fingerprint density at radius 2 is 1.24 bits per heavy atom. The van der Waals surface area contributed by atoms with Crippen LogP contribution in [0.25, 0.3) is 0 Å². The Morgan fingerprint density at radius 1 is 0.730 bits per heavy atom. The smallest absolute Gasteiger partial charge is 0.326 e. The number of carboxylic acids is 3. The van der Waals surface area contributed by atoms with Gasteiger partial charge < -0.3 is 42.7 Å². The third-order valence-corrected chi connectivity index (χ3v) is 4.95. The molecule has 0 heterocycles. The second kappa shape index (κ2) is 14.8. The van der Waals surface area contributed by atoms with Crippen LogP contribution in [0.5, 0.6) is 0 Å². The molecule has 4 atom stereocenters. The van der Waals surface area contributed by atoms with E-state index in [0.29, 0.717) is 5.56 Å². The first-order valence-corrected chi connectivity index (χ1v) is 11.0. The maximum atomic E-state index is 12.8. The molecule has 4 unspecified atom stereocenters. The summed E-state index contributed by atoms with van der Waals surface area (Å²) >= 11 is 0. The maximum Gasteiger partial charge on any atom is 0.326 e. The van der Waals surface area contributed by atoms with Crippen molar-refractivity contribution in [2.24, 2.45) is 11.5 Å². The summed E-state index contributed by atoms with van der Waals surface area (Å²) in [5.41, 5.74) is 11.7. The van der Waals surface area contributed by atoms with Gasteiger partial charge in [0.2, 0.25) is 23.6 Å². The van der Waals surface area contributed by atoms with E-state index in [4.69, 9.17) is 21.7 Å². The van der Waals surface area contributed by atoms with Gasteiger partial charge in [0.05, 0.1) is 18.9 Å². The summed E-state index contributed by atoms with van der Waals surface area (Å²) in [4.78, 5) is 82.6. The zero-order chi connectivity index (χ0) is 28.1. The van der Waals surface area contributed by atoms with Crippen molar-refractivity contribution in [1.29, 1.82) is 0 Å². The van der Waals surface area contributed by atoms with Gasteiger partial charge in [-0.2, -0.15) is 0 Å². The summed E-state index contributed by atoms with van der Waals surface area (Å²) < 4.78 is 0. The molecule has 1 aromatic rings. The average molecular weight is 523 g/mol. The van der Waals surface area contributed by atoms with Crippen LogP contribution in [0.2, 0.25) is 0 Å². The van der Waals surface area contributed by atoms with Crippen LogP contribution in [0.1, 0.15) is 31.2 Å². The minimum atomic E-state index is -1.75. The molecule has 0 saturated heterocycles. The monoisotopic (exact) mass is 523 g/mol. The number of rotatable bonds is 16. The summed E-state index contributed by atoms with van der Waals surface area (Å²) in [5, 5.41) is 33.4. The van der Waals surface area contributed by atoms with Crippen molar-refractivity contribution in [3.05, 3.63) is 35.9 Å². The van der Waals surface area contributed by atoms with Crippen LogP contribution in [0.15, 0.2) is 30.3 Å². The van der Waals surface area contributed by atoms with Crippen molar-refractivity contribution in [3.63, 3.8) is 0 Å². The summed E-state index contributed by atoms with van der Waals surface area (Å²) in [6, 6.07) is 2.35. The van der Waals surface area contributed by atoms with Gasteiger partial charge in [-0.05, 0) is 18.4 Å². The van der Waals surface area contributed by atoms with Crippen LogP contribution >= 0.6 is 0 Å². The fourth-order valence-corrected chi connectivity index (χ4v) is 3.10. The van der Waals surface area contributed by atoms with E-state index in [9.17, 15) is 38.7 Å². The number of amides is 4. The molecule has 0 aliphatic heterocycles. The van der Waals surface area contributed by atoms with Gasteiger partial charge >= 0.3 is 17.9 Å². The molecule has 15 heteroatoms. The summed E-state index contributed by atoms with van der Waals surface area (Å²) in [7, 11) is 0. The molecular weight excluding hydrogens is 494 g/mol. The van der Waals surface area contributed by atoms with Crippen LogP contribution in [0, 0.1) is 0 Å². The van der Waals surface area contributed by atoms with Crippen molar-refractivity contribution >= 4 is 41.5 Å². The van der Waals surface area contributed by atoms with E-state index in [0.717, 1.165) is 0 Å². The summed E-state index contributed by atoms with van der Waals surface area (Å²) in [5.74, 6) is -8.66. The van der Waals surface area contributed by atoms with E-state index in [2.05, 4.69) is 10.6 Å². The van der Waals surface area contributed by atoms with E-state index < -0.39 is 91.4 Å². The molecule has 37 heavy (non-hydrogen) atoms. The normalized spacial score (nSPS) is 13.8. The second-order valence-electron chi connectivity index (χ2n) is 8.02. The summed E-state index contributed by atoms with van der Waals surface area (Å²) in [6.45, 7) is 0. The highest BCUT2D eigenvalue weighted by Gasteiger charge is 2.32. The Labute approximate surface area is 210 Å². The Balaban J connectivity index is 2.97. The molecule has 0 aliphatic rings. The number of hydrogen-bond acceptors (Lipinski definition) is 8. The number of carbonyl (C=O) groups is 7. The van der Waals surface area contributed by atoms with E-state index in [1.54, 1.807) is 30.3 Å². The van der Waals surface area contributed by atoms with Gasteiger partial charge in [-0.1, -0.05) is 30.3 Å². The maximum absolute atomic E-state index is 12.8. The highest BCUT2D eigenvalue weighted by molar-refractivity contribution is 5.97. The third-order valence-electron chi connectivity index (χ3n) is 4.95. The molecule has 0 aliphatic carbocycles. The second-order valence-corrected chi connectivity index (χ2v) is 8.02. The number of carboxylic acid groups (broad SMARTS) is 3. The molecule has 0 spiro atoms. The minimum Gasteiger partial charge on any atom is -0.481 e. The molecule has 4 amide bonds. The first-order valence-electron chi connectivity index (χ1n) is 11.0. The molecule has 1 rings (SSSR count). The quantitative estimate of drug-likeness (QED) is 0.110. The largest absolute Gasteiger partial charge is 0.481 e. The highest BCUT2D eigenvalue weighted by atomic mass is 16.4. The van der Waals surface area contributed by atoms with Crippen LogP contribution < -0.4 is 27.4 Å². The molecule has 0 saturated carbocycles. The lowest BCUT2D eigenvalue weighted by Gasteiger charge is -2.24. The van der Waals surface area contributed by atoms with Crippen molar-refractivity contribution < 1.29 is 48.9 Å². The molecule has 0 fully saturated rings. The number of nitrogens with one attached hydrogen (secondary N) is 3. The molecule has 0 aromatic heterocycles. The fraction of sp³-hybridized carbons (Fsp3) is 0.409. The standard InChI is InChI=1S/C22H29N5O10/c23-12(8-11-4-2-1-3-5-11)19(33)26-15(10-18(31)32)21(35)27-14(9-16(24)28)20(34)25-13(22(36)37)6-7-17(29)30/h1-5,12-15H,6-10,23H2,(H2,24,28)(H,25,34)(H,26,33)(H,27,35)(H,29,30)(H,31,32)(H,36,37). The number of aliphatic carboxylic acids is 3. The molecule has 1 aromatic carbocycles. The van der Waals surface area contributed by atoms with Crippen LogP contribution in [0.4, 0.5) is 0 Å². The number of nitrogens with two attached hydrogens (primary N) is 2. The molecule has 0 radical (unpaired) electrons. The SMILES string of the molecule is NC(=O)CC(NC(=O)C(CC(=O)O)NC(=O)C(N)Cc1ccccc1)C(=O)NC(CCC(=O)O)C(=O)O. The average Bonchev–Trinajstić information content (AvgIpc) is 2.80. The topological polar surface area (TPSA) is 268 Å². The summed E-state index contributed by atoms with van der Waals surface area (Å²) in [6.07, 6.45) is -2.72. The first kappa shape index (κ1) is 30.5. The highest BCUT2D eigenvalue weighted by Crippen LogP contribution is 2.05. The predicted octanol–water partition coefficient (Wildman–Crippen LogP) is -2.69. The zero-order valence-corrected chi connectivity index (χ0v) is 19.6. The third kappa shape index (κ3) is 11.6. The number of primary amides is 1. The van der Waals surface area contributed by atoms with Crippen LogP contribution in [-0.2, 0) is 40.0 Å². The number of carbonyl (C=O) groups excluding carboxylic acids is 4. The molecular formula is C22H29N5O10. The van der Waals surface area contributed by atoms with Gasteiger partial charge in [0.25, 0.3) is 0 Å². The Kier molecular flexibility index (Phi) is 12.2. The molecule has 0 bridgehead atoms. The molecule has 10 N–H and O–H groups in total. The first-order chi connectivity index (χ1) is 17.3. The van der Waals surface area contributed by atoms with Crippen molar-refractivity contribution in [2.75, 3.05) is 0 Å². The predicted molar refractivity (Wildman–Crippen MR) is 124 cm³/mol. The zero-order valence-electron chi connectivity index (χ0n) is 19.6. The van der Waals surface area contributed by atoms with Crippen molar-refractivity contribution in [3.8, 4) is 0 Å². The van der Waals surface area contributed by atoms with Gasteiger partial charge in [-0.3, -0.25) is 28.8 Å². The lowest BCUT2D eigenvalue weighted by Crippen LogP contribution is -2.58. The van der Waals surface area contributed by atoms with Gasteiger partial charge in [-0.25, -0.2) is 4.79 Å². The number of hydrogen-bond donors (Lipinski definition) is 8. The number of benzene rings is 1.